The van der Waals surface area contributed by atoms with E-state index in [0.29, 0.717) is 12.1 Å². The van der Waals surface area contributed by atoms with E-state index in [1.54, 1.807) is 0 Å². The number of benzene rings is 2. The number of anilines is 1. The van der Waals surface area contributed by atoms with Crippen LogP contribution in [0.4, 0.5) is 5.69 Å². The van der Waals surface area contributed by atoms with Crippen molar-refractivity contribution < 1.29 is 13.2 Å². The van der Waals surface area contributed by atoms with Gasteiger partial charge in [-0.1, -0.05) is 43.3 Å². The molecule has 0 aliphatic heterocycles. The quantitative estimate of drug-likeness (QED) is 0.672. The second-order valence-corrected chi connectivity index (χ2v) is 9.62. The Kier molecular flexibility index (Phi) is 7.85. The van der Waals surface area contributed by atoms with E-state index in [4.69, 9.17) is 0 Å². The molecule has 2 rings (SSSR count). The molecule has 2 aromatic carbocycles. The van der Waals surface area contributed by atoms with Gasteiger partial charge in [0.05, 0.1) is 11.9 Å². The Bertz CT molecular complexity index is 906. The summed E-state index contributed by atoms with van der Waals surface area (Å²) in [4.78, 5) is 13.0. The molecule has 0 bridgehead atoms. The summed E-state index contributed by atoms with van der Waals surface area (Å²) in [5.74, 6) is -0.266. The SMILES string of the molecule is CCC(C(=O)NC(C)CCc1ccccc1)N(c1cc(C)cc(C)c1)S(C)(=O)=O. The molecule has 2 atom stereocenters. The van der Waals surface area contributed by atoms with Crippen LogP contribution in [0, 0.1) is 13.8 Å². The van der Waals surface area contributed by atoms with Gasteiger partial charge in [0.25, 0.3) is 0 Å². The smallest absolute Gasteiger partial charge is 0.244 e. The summed E-state index contributed by atoms with van der Waals surface area (Å²) in [5, 5.41) is 3.01. The first-order chi connectivity index (χ1) is 13.6. The average Bonchev–Trinajstić information content (AvgIpc) is 2.63. The Labute approximate surface area is 175 Å². The normalized spacial score (nSPS) is 13.6. The number of aryl methyl sites for hydroxylation is 3. The molecule has 0 aliphatic carbocycles. The number of carbonyl (C=O) groups is 1. The average molecular weight is 417 g/mol. The van der Waals surface area contributed by atoms with E-state index >= 15 is 0 Å². The first-order valence-electron chi connectivity index (χ1n) is 10.0. The molecular formula is C23H32N2O3S. The fraction of sp³-hybridized carbons (Fsp3) is 0.435. The van der Waals surface area contributed by atoms with Gasteiger partial charge in [0.2, 0.25) is 15.9 Å². The van der Waals surface area contributed by atoms with Crippen molar-refractivity contribution in [1.29, 1.82) is 0 Å². The van der Waals surface area contributed by atoms with Gasteiger partial charge >= 0.3 is 0 Å². The molecule has 0 spiro atoms. The summed E-state index contributed by atoms with van der Waals surface area (Å²) in [6.07, 6.45) is 3.18. The second kappa shape index (κ2) is 9.92. The molecular weight excluding hydrogens is 384 g/mol. The number of hydrogen-bond acceptors (Lipinski definition) is 3. The van der Waals surface area contributed by atoms with Gasteiger partial charge in [-0.2, -0.15) is 0 Å². The largest absolute Gasteiger partial charge is 0.352 e. The maximum absolute atomic E-state index is 13.0. The zero-order valence-corrected chi connectivity index (χ0v) is 18.8. The summed E-state index contributed by atoms with van der Waals surface area (Å²) in [7, 11) is -3.63. The minimum atomic E-state index is -3.63. The summed E-state index contributed by atoms with van der Waals surface area (Å²) < 4.78 is 26.5. The van der Waals surface area contributed by atoms with Crippen molar-refractivity contribution in [2.75, 3.05) is 10.6 Å². The van der Waals surface area contributed by atoms with Crippen LogP contribution in [-0.2, 0) is 21.2 Å². The zero-order chi connectivity index (χ0) is 21.6. The lowest BCUT2D eigenvalue weighted by Gasteiger charge is -2.31. The Morgan fingerprint density at radius 2 is 1.66 bits per heavy atom. The highest BCUT2D eigenvalue weighted by Gasteiger charge is 2.32. The van der Waals surface area contributed by atoms with Gasteiger partial charge < -0.3 is 5.32 Å². The van der Waals surface area contributed by atoms with Crippen LogP contribution in [0.2, 0.25) is 0 Å². The lowest BCUT2D eigenvalue weighted by molar-refractivity contribution is -0.122. The fourth-order valence-corrected chi connectivity index (χ4v) is 4.77. The van der Waals surface area contributed by atoms with Crippen molar-refractivity contribution in [2.45, 2.75) is 59.0 Å². The third kappa shape index (κ3) is 6.60. The lowest BCUT2D eigenvalue weighted by Crippen LogP contribution is -2.51. The molecule has 0 radical (unpaired) electrons. The Morgan fingerprint density at radius 3 is 2.17 bits per heavy atom. The minimum absolute atomic E-state index is 0.0580. The molecule has 5 nitrogen and oxygen atoms in total. The van der Waals surface area contributed by atoms with Crippen molar-refractivity contribution in [2.24, 2.45) is 0 Å². The maximum atomic E-state index is 13.0. The van der Waals surface area contributed by atoms with Crippen molar-refractivity contribution >= 4 is 21.6 Å². The third-order valence-electron chi connectivity index (χ3n) is 4.89. The van der Waals surface area contributed by atoms with Crippen molar-refractivity contribution in [3.8, 4) is 0 Å². The molecule has 29 heavy (non-hydrogen) atoms. The van der Waals surface area contributed by atoms with E-state index in [2.05, 4.69) is 17.4 Å². The van der Waals surface area contributed by atoms with Gasteiger partial charge in [0, 0.05) is 6.04 Å². The summed E-state index contributed by atoms with van der Waals surface area (Å²) in [6.45, 7) is 7.63. The maximum Gasteiger partial charge on any atom is 0.244 e. The molecule has 1 N–H and O–H groups in total. The van der Waals surface area contributed by atoms with Gasteiger partial charge in [0.15, 0.2) is 0 Å². The molecule has 0 saturated carbocycles. The molecule has 0 fully saturated rings. The fourth-order valence-electron chi connectivity index (χ4n) is 3.58. The molecule has 2 aromatic rings. The molecule has 0 heterocycles. The highest BCUT2D eigenvalue weighted by molar-refractivity contribution is 7.92. The molecule has 0 aliphatic rings. The summed E-state index contributed by atoms with van der Waals surface area (Å²) in [6, 6.07) is 14.9. The number of rotatable bonds is 9. The topological polar surface area (TPSA) is 66.5 Å². The van der Waals surface area contributed by atoms with E-state index in [9.17, 15) is 13.2 Å². The number of nitrogens with zero attached hydrogens (tertiary/aromatic N) is 1. The van der Waals surface area contributed by atoms with Crippen LogP contribution in [0.15, 0.2) is 48.5 Å². The zero-order valence-electron chi connectivity index (χ0n) is 18.0. The Morgan fingerprint density at radius 1 is 1.07 bits per heavy atom. The predicted octanol–water partition coefficient (Wildman–Crippen LogP) is 3.99. The second-order valence-electron chi connectivity index (χ2n) is 7.76. The predicted molar refractivity (Wildman–Crippen MR) is 120 cm³/mol. The number of carbonyl (C=O) groups excluding carboxylic acids is 1. The number of sulfonamides is 1. The molecule has 0 aromatic heterocycles. The standard InChI is InChI=1S/C23H32N2O3S/c1-6-22(23(26)24-19(4)12-13-20-10-8-7-9-11-20)25(29(5,27)28)21-15-17(2)14-18(3)16-21/h7-11,14-16,19,22H,6,12-13H2,1-5H3,(H,24,26). The van der Waals surface area contributed by atoms with Crippen LogP contribution >= 0.6 is 0 Å². The van der Waals surface area contributed by atoms with E-state index in [1.807, 2.05) is 64.1 Å². The van der Waals surface area contributed by atoms with Crippen LogP contribution in [0.1, 0.15) is 43.4 Å². The minimum Gasteiger partial charge on any atom is -0.352 e. The van der Waals surface area contributed by atoms with E-state index in [0.717, 1.165) is 30.2 Å². The van der Waals surface area contributed by atoms with E-state index in [1.165, 1.54) is 9.87 Å². The van der Waals surface area contributed by atoms with Gasteiger partial charge in [-0.05, 0) is 68.9 Å². The van der Waals surface area contributed by atoms with Crippen molar-refractivity contribution in [3.05, 3.63) is 65.2 Å². The number of amides is 1. The number of nitrogens with one attached hydrogen (secondary N) is 1. The summed E-state index contributed by atoms with van der Waals surface area (Å²) >= 11 is 0. The third-order valence-corrected chi connectivity index (χ3v) is 6.07. The Balaban J connectivity index is 2.17. The summed E-state index contributed by atoms with van der Waals surface area (Å²) in [5.41, 5.74) is 3.66. The van der Waals surface area contributed by atoms with Gasteiger partial charge in [-0.15, -0.1) is 0 Å². The Hall–Kier alpha value is -2.34. The van der Waals surface area contributed by atoms with Crippen LogP contribution in [0.5, 0.6) is 0 Å². The van der Waals surface area contributed by atoms with E-state index < -0.39 is 16.1 Å². The highest BCUT2D eigenvalue weighted by Crippen LogP contribution is 2.25. The first-order valence-corrected chi connectivity index (χ1v) is 11.9. The molecule has 1 amide bonds. The van der Waals surface area contributed by atoms with Crippen LogP contribution < -0.4 is 9.62 Å². The van der Waals surface area contributed by atoms with Crippen molar-refractivity contribution in [1.82, 2.24) is 5.32 Å². The van der Waals surface area contributed by atoms with Crippen LogP contribution in [-0.4, -0.2) is 32.7 Å². The number of hydrogen-bond donors (Lipinski definition) is 1. The lowest BCUT2D eigenvalue weighted by atomic mass is 10.1. The first kappa shape index (κ1) is 22.9. The molecule has 0 saturated heterocycles. The van der Waals surface area contributed by atoms with Crippen LogP contribution in [0.25, 0.3) is 0 Å². The monoisotopic (exact) mass is 416 g/mol. The van der Waals surface area contributed by atoms with E-state index in [-0.39, 0.29) is 11.9 Å². The highest BCUT2D eigenvalue weighted by atomic mass is 32.2. The van der Waals surface area contributed by atoms with Gasteiger partial charge in [-0.3, -0.25) is 9.10 Å². The molecule has 2 unspecified atom stereocenters. The van der Waals surface area contributed by atoms with Gasteiger partial charge in [-0.25, -0.2) is 8.42 Å². The molecule has 158 valence electrons. The van der Waals surface area contributed by atoms with Crippen molar-refractivity contribution in [3.63, 3.8) is 0 Å². The van der Waals surface area contributed by atoms with Crippen LogP contribution in [0.3, 0.4) is 0 Å². The van der Waals surface area contributed by atoms with Gasteiger partial charge in [0.1, 0.15) is 6.04 Å². The molecule has 6 heteroatoms.